The van der Waals surface area contributed by atoms with E-state index in [1.54, 1.807) is 44.2 Å². The number of rotatable bonds is 6. The lowest BCUT2D eigenvalue weighted by Crippen LogP contribution is -2.34. The van der Waals surface area contributed by atoms with Crippen LogP contribution in [0, 0.1) is 10.1 Å². The highest BCUT2D eigenvalue weighted by atomic mass is 35.5. The van der Waals surface area contributed by atoms with E-state index in [0.717, 1.165) is 11.8 Å². The quantitative estimate of drug-likeness (QED) is 0.297. The molecule has 0 N–H and O–H groups in total. The number of halogens is 2. The maximum Gasteiger partial charge on any atom is 0.293 e. The van der Waals surface area contributed by atoms with Gasteiger partial charge in [0.05, 0.1) is 19.9 Å². The van der Waals surface area contributed by atoms with Gasteiger partial charge in [-0.2, -0.15) is 0 Å². The number of carbonyl (C=O) groups is 2. The highest BCUT2D eigenvalue weighted by Gasteiger charge is 2.36. The van der Waals surface area contributed by atoms with E-state index in [1.165, 1.54) is 17.0 Å². The topological polar surface area (TPSA) is 89.8 Å². The normalized spacial score (nSPS) is 15.4. The Kier molecular flexibility index (Phi) is 6.70. The molecule has 1 heterocycles. The zero-order chi connectivity index (χ0) is 22.0. The predicted molar refractivity (Wildman–Crippen MR) is 117 cm³/mol. The van der Waals surface area contributed by atoms with Crippen LogP contribution in [0.15, 0.2) is 41.3 Å². The number of ether oxygens (including phenoxy) is 1. The molecule has 0 spiro atoms. The van der Waals surface area contributed by atoms with Crippen molar-refractivity contribution in [2.24, 2.45) is 0 Å². The van der Waals surface area contributed by atoms with Crippen molar-refractivity contribution >= 4 is 57.9 Å². The molecule has 2 aromatic carbocycles. The van der Waals surface area contributed by atoms with Gasteiger partial charge in [-0.1, -0.05) is 23.2 Å². The summed E-state index contributed by atoms with van der Waals surface area (Å²) in [4.78, 5) is 36.1. The summed E-state index contributed by atoms with van der Waals surface area (Å²) in [6.07, 6.45) is 1.56. The van der Waals surface area contributed by atoms with Gasteiger partial charge in [0.1, 0.15) is 6.61 Å². The third-order valence-electron chi connectivity index (χ3n) is 4.19. The fraction of sp³-hybridized carbons (Fsp3) is 0.200. The summed E-state index contributed by atoms with van der Waals surface area (Å²) in [6, 6.07) is 8.87. The van der Waals surface area contributed by atoms with Crippen LogP contribution in [-0.4, -0.2) is 27.0 Å². The molecule has 0 radical (unpaired) electrons. The van der Waals surface area contributed by atoms with Gasteiger partial charge in [0.2, 0.25) is 0 Å². The Morgan fingerprint density at radius 3 is 2.27 bits per heavy atom. The lowest BCUT2D eigenvalue weighted by atomic mass is 10.2. The zero-order valence-corrected chi connectivity index (χ0v) is 18.3. The van der Waals surface area contributed by atoms with Crippen molar-refractivity contribution in [2.75, 3.05) is 0 Å². The summed E-state index contributed by atoms with van der Waals surface area (Å²) in [5.41, 5.74) is 1.25. The van der Waals surface area contributed by atoms with E-state index in [9.17, 15) is 19.7 Å². The van der Waals surface area contributed by atoms with Crippen LogP contribution in [0.25, 0.3) is 6.08 Å². The second-order valence-corrected chi connectivity index (χ2v) is 8.48. The number of hydrogen-bond donors (Lipinski definition) is 0. The van der Waals surface area contributed by atoms with E-state index >= 15 is 0 Å². The van der Waals surface area contributed by atoms with Crippen molar-refractivity contribution in [3.05, 3.63) is 72.6 Å². The van der Waals surface area contributed by atoms with Crippen molar-refractivity contribution in [1.82, 2.24) is 4.90 Å². The van der Waals surface area contributed by atoms with Crippen LogP contribution >= 0.6 is 35.0 Å². The third kappa shape index (κ3) is 4.77. The van der Waals surface area contributed by atoms with E-state index in [-0.39, 0.29) is 45.3 Å². The van der Waals surface area contributed by atoms with E-state index in [4.69, 9.17) is 27.9 Å². The first kappa shape index (κ1) is 22.1. The summed E-state index contributed by atoms with van der Waals surface area (Å²) >= 11 is 13.5. The molecule has 0 unspecified atom stereocenters. The Balaban J connectivity index is 1.76. The summed E-state index contributed by atoms with van der Waals surface area (Å²) in [7, 11) is 0. The van der Waals surface area contributed by atoms with Gasteiger partial charge in [0.25, 0.3) is 16.8 Å². The summed E-state index contributed by atoms with van der Waals surface area (Å²) in [5.74, 6) is -0.102. The molecule has 0 aliphatic carbocycles. The Bertz CT molecular complexity index is 1030. The van der Waals surface area contributed by atoms with Crippen LogP contribution in [0.3, 0.4) is 0 Å². The molecule has 1 fully saturated rings. The van der Waals surface area contributed by atoms with Gasteiger partial charge >= 0.3 is 0 Å². The van der Waals surface area contributed by atoms with Gasteiger partial charge in [0.15, 0.2) is 5.75 Å². The van der Waals surface area contributed by atoms with Crippen LogP contribution in [0.2, 0.25) is 10.0 Å². The molecule has 3 rings (SSSR count). The number of imide groups is 1. The Morgan fingerprint density at radius 1 is 1.17 bits per heavy atom. The van der Waals surface area contributed by atoms with Crippen LogP contribution in [0.1, 0.15) is 25.0 Å². The Hall–Kier alpha value is -2.55. The number of thioether (sulfide) groups is 1. The van der Waals surface area contributed by atoms with Gasteiger partial charge in [-0.15, -0.1) is 0 Å². The third-order valence-corrected chi connectivity index (χ3v) is 5.63. The second-order valence-electron chi connectivity index (χ2n) is 6.67. The molecule has 0 bridgehead atoms. The van der Waals surface area contributed by atoms with Crippen LogP contribution in [0.5, 0.6) is 5.75 Å². The van der Waals surface area contributed by atoms with Crippen molar-refractivity contribution < 1.29 is 19.2 Å². The highest BCUT2D eigenvalue weighted by molar-refractivity contribution is 8.18. The van der Waals surface area contributed by atoms with Gasteiger partial charge < -0.3 is 4.74 Å². The van der Waals surface area contributed by atoms with E-state index in [1.807, 2.05) is 0 Å². The van der Waals surface area contributed by atoms with Crippen LogP contribution in [-0.2, 0) is 11.4 Å². The maximum atomic E-state index is 12.4. The lowest BCUT2D eigenvalue weighted by Gasteiger charge is -2.16. The largest absolute Gasteiger partial charge is 0.486 e. The molecular weight excluding hydrogens is 451 g/mol. The number of nitro groups is 1. The van der Waals surface area contributed by atoms with Gasteiger partial charge in [-0.25, -0.2) is 0 Å². The number of benzene rings is 2. The molecule has 156 valence electrons. The van der Waals surface area contributed by atoms with Crippen molar-refractivity contribution in [3.8, 4) is 5.75 Å². The molecule has 1 saturated heterocycles. The molecule has 0 saturated carbocycles. The SMILES string of the molecule is CC(C)N1C(=O)S/C(=C/c2cc(Cl)c(OCc3ccc([N+](=O)[O-])cc3)c(Cl)c2)C1=O. The first-order valence-electron chi connectivity index (χ1n) is 8.79. The molecule has 1 aliphatic rings. The highest BCUT2D eigenvalue weighted by Crippen LogP contribution is 2.38. The van der Waals surface area contributed by atoms with E-state index < -0.39 is 4.92 Å². The fourth-order valence-electron chi connectivity index (χ4n) is 2.75. The standard InChI is InChI=1S/C20H16Cl2N2O5S/c1-11(2)23-19(25)17(30-20(23)26)9-13-7-15(21)18(16(22)8-13)29-10-12-3-5-14(6-4-12)24(27)28/h3-9,11H,10H2,1-2H3/b17-9+. The minimum Gasteiger partial charge on any atom is -0.486 e. The molecule has 10 heteroatoms. The predicted octanol–water partition coefficient (Wildman–Crippen LogP) is 5.93. The van der Waals surface area contributed by atoms with Crippen molar-refractivity contribution in [2.45, 2.75) is 26.5 Å². The Morgan fingerprint density at radius 2 is 1.77 bits per heavy atom. The lowest BCUT2D eigenvalue weighted by molar-refractivity contribution is -0.384. The number of nitrogens with zero attached hydrogens (tertiary/aromatic N) is 2. The monoisotopic (exact) mass is 466 g/mol. The summed E-state index contributed by atoms with van der Waals surface area (Å²) < 4.78 is 5.68. The number of non-ortho nitro benzene ring substituents is 1. The molecule has 7 nitrogen and oxygen atoms in total. The first-order valence-corrected chi connectivity index (χ1v) is 10.4. The molecule has 1 aliphatic heterocycles. The maximum absolute atomic E-state index is 12.4. The average molecular weight is 467 g/mol. The molecule has 0 aromatic heterocycles. The smallest absolute Gasteiger partial charge is 0.293 e. The number of carbonyl (C=O) groups excluding carboxylic acids is 2. The van der Waals surface area contributed by atoms with Crippen molar-refractivity contribution in [3.63, 3.8) is 0 Å². The Labute approximate surface area is 186 Å². The van der Waals surface area contributed by atoms with Gasteiger partial charge in [-0.05, 0) is 67.1 Å². The second kappa shape index (κ2) is 9.07. The minimum atomic E-state index is -0.479. The van der Waals surface area contributed by atoms with Crippen LogP contribution in [0.4, 0.5) is 10.5 Å². The number of amides is 2. The molecule has 30 heavy (non-hydrogen) atoms. The summed E-state index contributed by atoms with van der Waals surface area (Å²) in [6.45, 7) is 3.65. The fourth-order valence-corrected chi connectivity index (χ4v) is 4.32. The molecule has 2 amide bonds. The van der Waals surface area contributed by atoms with Crippen molar-refractivity contribution in [1.29, 1.82) is 0 Å². The van der Waals surface area contributed by atoms with E-state index in [2.05, 4.69) is 0 Å². The number of hydrogen-bond acceptors (Lipinski definition) is 6. The first-order chi connectivity index (χ1) is 14.2. The van der Waals surface area contributed by atoms with E-state index in [0.29, 0.717) is 16.0 Å². The number of nitro benzene ring substituents is 1. The minimum absolute atomic E-state index is 0.0129. The molecular formula is C20H16Cl2N2O5S. The zero-order valence-electron chi connectivity index (χ0n) is 15.9. The molecule has 0 atom stereocenters. The summed E-state index contributed by atoms with van der Waals surface area (Å²) in [5, 5.41) is 10.9. The molecule has 2 aromatic rings. The van der Waals surface area contributed by atoms with Gasteiger partial charge in [-0.3, -0.25) is 24.6 Å². The van der Waals surface area contributed by atoms with Crippen LogP contribution < -0.4 is 4.74 Å². The average Bonchev–Trinajstić information content (AvgIpc) is 2.94. The van der Waals surface area contributed by atoms with Gasteiger partial charge in [0, 0.05) is 18.2 Å².